The van der Waals surface area contributed by atoms with Crippen molar-refractivity contribution in [2.75, 3.05) is 39.1 Å². The molecule has 0 fully saturated rings. The summed E-state index contributed by atoms with van der Waals surface area (Å²) in [5, 5.41) is 8.47. The van der Waals surface area contributed by atoms with Gasteiger partial charge in [-0.25, -0.2) is 0 Å². The summed E-state index contributed by atoms with van der Waals surface area (Å²) in [7, 11) is 4.12. The minimum Gasteiger partial charge on any atom is -0.489 e. The predicted octanol–water partition coefficient (Wildman–Crippen LogP) is 2.99. The zero-order valence-electron chi connectivity index (χ0n) is 13.4. The van der Waals surface area contributed by atoms with Gasteiger partial charge in [0, 0.05) is 29.9 Å². The number of hydrogen-bond donors (Lipinski definition) is 1. The van der Waals surface area contributed by atoms with Crippen molar-refractivity contribution in [2.45, 2.75) is 6.54 Å². The number of fused-ring (bicyclic) bond motifs is 1. The van der Waals surface area contributed by atoms with Crippen LogP contribution in [-0.4, -0.2) is 48.5 Å². The van der Waals surface area contributed by atoms with Gasteiger partial charge in [0.2, 0.25) is 0 Å². The fraction of sp³-hybridized carbons (Fsp3) is 0.353. The summed E-state index contributed by atoms with van der Waals surface area (Å²) in [5.74, 6) is 0.884. The quantitative estimate of drug-likeness (QED) is 0.883. The Bertz CT molecular complexity index is 708. The normalized spacial score (nSPS) is 13.5. The number of rotatable bonds is 6. The lowest BCUT2D eigenvalue weighted by Crippen LogP contribution is -2.18. The molecule has 1 N–H and O–H groups in total. The third-order valence-electron chi connectivity index (χ3n) is 3.67. The molecule has 122 valence electrons. The molecule has 5 nitrogen and oxygen atoms in total. The number of halogens is 1. The highest BCUT2D eigenvalue weighted by Crippen LogP contribution is 2.28. The number of benzene rings is 1. The lowest BCUT2D eigenvalue weighted by Gasteiger charge is -2.18. The van der Waals surface area contributed by atoms with E-state index in [4.69, 9.17) is 16.3 Å². The molecule has 0 bridgehead atoms. The van der Waals surface area contributed by atoms with Crippen LogP contribution >= 0.6 is 11.6 Å². The van der Waals surface area contributed by atoms with E-state index in [9.17, 15) is 0 Å². The number of anilines is 1. The van der Waals surface area contributed by atoms with E-state index in [0.717, 1.165) is 41.7 Å². The van der Waals surface area contributed by atoms with Gasteiger partial charge in [-0.3, -0.25) is 4.68 Å². The Morgan fingerprint density at radius 2 is 2.26 bits per heavy atom. The van der Waals surface area contributed by atoms with Gasteiger partial charge >= 0.3 is 0 Å². The van der Waals surface area contributed by atoms with Gasteiger partial charge in [-0.1, -0.05) is 11.6 Å². The first-order valence-corrected chi connectivity index (χ1v) is 8.01. The third kappa shape index (κ3) is 4.27. The maximum atomic E-state index is 6.04. The van der Waals surface area contributed by atoms with Crippen molar-refractivity contribution < 1.29 is 4.74 Å². The molecule has 2 aromatic rings. The fourth-order valence-corrected chi connectivity index (χ4v) is 2.57. The molecule has 0 saturated heterocycles. The molecule has 6 heteroatoms. The zero-order valence-corrected chi connectivity index (χ0v) is 14.2. The first kappa shape index (κ1) is 15.9. The van der Waals surface area contributed by atoms with Crippen LogP contribution in [0.4, 0.5) is 5.69 Å². The zero-order chi connectivity index (χ0) is 16.2. The highest BCUT2D eigenvalue weighted by Gasteiger charge is 2.11. The van der Waals surface area contributed by atoms with Gasteiger partial charge in [0.15, 0.2) is 0 Å². The second-order valence-electron chi connectivity index (χ2n) is 5.92. The largest absolute Gasteiger partial charge is 0.489 e. The summed E-state index contributed by atoms with van der Waals surface area (Å²) in [6.45, 7) is 3.17. The first-order chi connectivity index (χ1) is 11.1. The molecule has 1 aliphatic rings. The van der Waals surface area contributed by atoms with E-state index >= 15 is 0 Å². The lowest BCUT2D eigenvalue weighted by atomic mass is 10.1. The van der Waals surface area contributed by atoms with E-state index in [1.807, 2.05) is 35.3 Å². The molecule has 0 saturated carbocycles. The van der Waals surface area contributed by atoms with Crippen LogP contribution in [0, 0.1) is 0 Å². The average molecular weight is 333 g/mol. The van der Waals surface area contributed by atoms with Crippen LogP contribution in [0.5, 0.6) is 5.75 Å². The van der Waals surface area contributed by atoms with E-state index in [0.29, 0.717) is 6.61 Å². The molecule has 0 spiro atoms. The maximum absolute atomic E-state index is 6.04. The summed E-state index contributed by atoms with van der Waals surface area (Å²) in [6, 6.07) is 5.68. The number of hydrogen-bond acceptors (Lipinski definition) is 4. The molecule has 2 heterocycles. The van der Waals surface area contributed by atoms with E-state index < -0.39 is 0 Å². The van der Waals surface area contributed by atoms with Gasteiger partial charge in [0.1, 0.15) is 12.4 Å². The van der Waals surface area contributed by atoms with Crippen molar-refractivity contribution in [1.29, 1.82) is 0 Å². The second kappa shape index (κ2) is 7.06. The number of aromatic nitrogens is 2. The molecule has 1 aliphatic heterocycles. The molecule has 0 amide bonds. The van der Waals surface area contributed by atoms with Crippen molar-refractivity contribution in [3.8, 4) is 5.75 Å². The summed E-state index contributed by atoms with van der Waals surface area (Å²) < 4.78 is 7.70. The van der Waals surface area contributed by atoms with Gasteiger partial charge in [-0.2, -0.15) is 5.10 Å². The highest BCUT2D eigenvalue weighted by atomic mass is 35.5. The van der Waals surface area contributed by atoms with Crippen molar-refractivity contribution in [1.82, 2.24) is 14.7 Å². The molecule has 0 atom stereocenters. The Morgan fingerprint density at radius 1 is 1.39 bits per heavy atom. The minimum absolute atomic E-state index is 0.594. The number of nitrogens with one attached hydrogen (secondary N) is 1. The van der Waals surface area contributed by atoms with E-state index in [2.05, 4.69) is 35.5 Å². The monoisotopic (exact) mass is 332 g/mol. The Balaban J connectivity index is 1.58. The molecule has 0 radical (unpaired) electrons. The van der Waals surface area contributed by atoms with Crippen molar-refractivity contribution >= 4 is 23.4 Å². The van der Waals surface area contributed by atoms with Crippen LogP contribution in [0.15, 0.2) is 36.2 Å². The molecule has 0 unspecified atom stereocenters. The van der Waals surface area contributed by atoms with Crippen molar-refractivity contribution in [2.24, 2.45) is 0 Å². The number of ether oxygens (including phenoxy) is 1. The Hall–Kier alpha value is -1.98. The SMILES string of the molecule is CN(C)CCn1cc(NCC2=Cc3cc(Cl)ccc3OC2)cn1. The molecule has 23 heavy (non-hydrogen) atoms. The Kier molecular flexibility index (Phi) is 4.88. The Labute approximate surface area is 141 Å². The van der Waals surface area contributed by atoms with Gasteiger partial charge in [0.25, 0.3) is 0 Å². The van der Waals surface area contributed by atoms with Crippen LogP contribution in [0.1, 0.15) is 5.56 Å². The van der Waals surface area contributed by atoms with E-state index in [1.54, 1.807) is 0 Å². The molecule has 1 aromatic carbocycles. The standard InChI is InChI=1S/C17H21ClN4O/c1-21(2)5-6-22-11-16(10-20-22)19-9-13-7-14-8-15(18)3-4-17(14)23-12-13/h3-4,7-8,10-11,19H,5-6,9,12H2,1-2H3. The number of nitrogens with zero attached hydrogens (tertiary/aromatic N) is 3. The second-order valence-corrected chi connectivity index (χ2v) is 6.36. The molecular weight excluding hydrogens is 312 g/mol. The van der Waals surface area contributed by atoms with Crippen LogP contribution in [0.3, 0.4) is 0 Å². The van der Waals surface area contributed by atoms with E-state index in [1.165, 1.54) is 5.57 Å². The summed E-state index contributed by atoms with van der Waals surface area (Å²) in [6.07, 6.45) is 6.01. The average Bonchev–Trinajstić information content (AvgIpc) is 2.98. The minimum atomic E-state index is 0.594. The lowest BCUT2D eigenvalue weighted by molar-refractivity contribution is 0.346. The van der Waals surface area contributed by atoms with Crippen molar-refractivity contribution in [3.05, 3.63) is 46.8 Å². The van der Waals surface area contributed by atoms with Crippen LogP contribution in [0.2, 0.25) is 5.02 Å². The summed E-state index contributed by atoms with van der Waals surface area (Å²) >= 11 is 6.04. The third-order valence-corrected chi connectivity index (χ3v) is 3.91. The number of likely N-dealkylation sites (N-methyl/N-ethyl adjacent to an activating group) is 1. The molecule has 3 rings (SSSR count). The topological polar surface area (TPSA) is 42.3 Å². The highest BCUT2D eigenvalue weighted by molar-refractivity contribution is 6.30. The summed E-state index contributed by atoms with van der Waals surface area (Å²) in [5.41, 5.74) is 3.23. The maximum Gasteiger partial charge on any atom is 0.127 e. The van der Waals surface area contributed by atoms with E-state index in [-0.39, 0.29) is 0 Å². The predicted molar refractivity (Wildman–Crippen MR) is 94.2 cm³/mol. The smallest absolute Gasteiger partial charge is 0.127 e. The molecular formula is C17H21ClN4O. The van der Waals surface area contributed by atoms with Gasteiger partial charge in [-0.05, 0) is 43.9 Å². The van der Waals surface area contributed by atoms with Gasteiger partial charge in [-0.15, -0.1) is 0 Å². The summed E-state index contributed by atoms with van der Waals surface area (Å²) in [4.78, 5) is 2.14. The first-order valence-electron chi connectivity index (χ1n) is 7.63. The van der Waals surface area contributed by atoms with Crippen LogP contribution in [-0.2, 0) is 6.54 Å². The van der Waals surface area contributed by atoms with Gasteiger partial charge in [0.05, 0.1) is 18.4 Å². The molecule has 1 aromatic heterocycles. The van der Waals surface area contributed by atoms with Crippen molar-refractivity contribution in [3.63, 3.8) is 0 Å². The Morgan fingerprint density at radius 3 is 3.09 bits per heavy atom. The van der Waals surface area contributed by atoms with Crippen LogP contribution in [0.25, 0.3) is 6.08 Å². The van der Waals surface area contributed by atoms with Crippen LogP contribution < -0.4 is 10.1 Å². The van der Waals surface area contributed by atoms with Gasteiger partial charge < -0.3 is 15.0 Å². The molecule has 0 aliphatic carbocycles. The fourth-order valence-electron chi connectivity index (χ4n) is 2.39.